The fourth-order valence-corrected chi connectivity index (χ4v) is 7.41. The van der Waals surface area contributed by atoms with Gasteiger partial charge in [0, 0.05) is 42.9 Å². The minimum atomic E-state index is -1.36. The van der Waals surface area contributed by atoms with Gasteiger partial charge in [0.25, 0.3) is 5.91 Å². The van der Waals surface area contributed by atoms with Crippen LogP contribution in [0.15, 0.2) is 47.7 Å². The van der Waals surface area contributed by atoms with Crippen molar-refractivity contribution >= 4 is 23.2 Å². The molecule has 4 atom stereocenters. The SMILES string of the molecule is CC(=O)Nc1ccc(NC(=O)C2=C(O)[C@@H]3Oc4c(O)ccc5c4[C@@]34CCN(CC3CC3)[C@H](C5)[C@]4(O)C2)cc1. The molecule has 2 bridgehead atoms. The van der Waals surface area contributed by atoms with Crippen LogP contribution in [0, 0.1) is 5.92 Å². The van der Waals surface area contributed by atoms with Gasteiger partial charge in [-0.05, 0) is 74.0 Å². The van der Waals surface area contributed by atoms with Gasteiger partial charge in [-0.3, -0.25) is 14.5 Å². The van der Waals surface area contributed by atoms with Gasteiger partial charge in [0.1, 0.15) is 5.76 Å². The molecule has 5 aliphatic rings. The standard InChI is InChI=1S/C29H31N3O6/c1-15(33)30-18-5-7-19(8-6-18)31-27(36)20-13-29(37)22-12-17-4-9-21(34)25-23(17)28(29,26(38-25)24(20)35)10-11-32(22)14-16-2-3-16/h4-9,16,22,26,34-35,37H,2-3,10-14H2,1H3,(H,30,33)(H,31,36)/t22-,26+,28+,29-/m1/s1. The fraction of sp³-hybridized carbons (Fsp3) is 0.448. The number of hydrogen-bond acceptors (Lipinski definition) is 7. The fourth-order valence-electron chi connectivity index (χ4n) is 7.41. The Bertz CT molecular complexity index is 1400. The quantitative estimate of drug-likeness (QED) is 0.412. The number of rotatable bonds is 5. The van der Waals surface area contributed by atoms with E-state index in [0.29, 0.717) is 35.9 Å². The summed E-state index contributed by atoms with van der Waals surface area (Å²) in [7, 11) is 0. The molecule has 38 heavy (non-hydrogen) atoms. The highest BCUT2D eigenvalue weighted by molar-refractivity contribution is 6.05. The van der Waals surface area contributed by atoms with Crippen molar-refractivity contribution in [3.8, 4) is 11.5 Å². The first kappa shape index (κ1) is 23.5. The second-order valence-electron chi connectivity index (χ2n) is 11.5. The third kappa shape index (κ3) is 3.18. The van der Waals surface area contributed by atoms with Crippen molar-refractivity contribution in [1.82, 2.24) is 4.90 Å². The molecule has 198 valence electrons. The van der Waals surface area contributed by atoms with Crippen molar-refractivity contribution in [3.05, 3.63) is 58.9 Å². The molecule has 1 spiro atoms. The van der Waals surface area contributed by atoms with Gasteiger partial charge in [-0.1, -0.05) is 6.07 Å². The van der Waals surface area contributed by atoms with Gasteiger partial charge < -0.3 is 30.7 Å². The van der Waals surface area contributed by atoms with Gasteiger partial charge >= 0.3 is 0 Å². The van der Waals surface area contributed by atoms with Crippen LogP contribution in [-0.4, -0.2) is 62.9 Å². The van der Waals surface area contributed by atoms with E-state index in [4.69, 9.17) is 4.74 Å². The number of aliphatic hydroxyl groups is 2. The molecular weight excluding hydrogens is 486 g/mol. The topological polar surface area (TPSA) is 131 Å². The van der Waals surface area contributed by atoms with Gasteiger partial charge in [0.05, 0.1) is 16.6 Å². The Balaban J connectivity index is 1.28. The number of phenols is 1. The first-order valence-corrected chi connectivity index (χ1v) is 13.3. The number of nitrogens with one attached hydrogen (secondary N) is 2. The minimum absolute atomic E-state index is 0.0190. The normalized spacial score (nSPS) is 30.9. The lowest BCUT2D eigenvalue weighted by Crippen LogP contribution is -2.75. The summed E-state index contributed by atoms with van der Waals surface area (Å²) in [4.78, 5) is 27.2. The summed E-state index contributed by atoms with van der Waals surface area (Å²) in [6, 6.07) is 9.97. The van der Waals surface area contributed by atoms with Crippen LogP contribution in [0.4, 0.5) is 11.4 Å². The summed E-state index contributed by atoms with van der Waals surface area (Å²) in [5.74, 6) is 0.0190. The van der Waals surface area contributed by atoms with E-state index in [1.165, 1.54) is 19.8 Å². The first-order valence-electron chi connectivity index (χ1n) is 13.3. The summed E-state index contributed by atoms with van der Waals surface area (Å²) in [5, 5.41) is 40.4. The molecular formula is C29H31N3O6. The number of nitrogens with zero attached hydrogens (tertiary/aromatic N) is 1. The molecule has 2 aromatic carbocycles. The zero-order chi connectivity index (χ0) is 26.4. The van der Waals surface area contributed by atoms with E-state index in [-0.39, 0.29) is 35.5 Å². The van der Waals surface area contributed by atoms with Crippen LogP contribution in [0.2, 0.25) is 0 Å². The second kappa shape index (κ2) is 7.97. The summed E-state index contributed by atoms with van der Waals surface area (Å²) < 4.78 is 6.24. The van der Waals surface area contributed by atoms with Crippen LogP contribution in [0.3, 0.4) is 0 Å². The van der Waals surface area contributed by atoms with Crippen molar-refractivity contribution in [2.45, 2.75) is 62.2 Å². The maximum Gasteiger partial charge on any atom is 0.255 e. The van der Waals surface area contributed by atoms with Crippen LogP contribution in [0.1, 0.15) is 43.7 Å². The molecule has 9 nitrogen and oxygen atoms in total. The van der Waals surface area contributed by atoms with Gasteiger partial charge in [0.2, 0.25) is 5.91 Å². The largest absolute Gasteiger partial charge is 0.508 e. The third-order valence-corrected chi connectivity index (χ3v) is 9.25. The molecule has 0 aromatic heterocycles. The number of aromatic hydroxyl groups is 1. The molecule has 2 fully saturated rings. The van der Waals surface area contributed by atoms with Crippen LogP contribution >= 0.6 is 0 Å². The number of phenolic OH excluding ortho intramolecular Hbond substituents is 1. The second-order valence-corrected chi connectivity index (χ2v) is 11.5. The number of amides is 2. The van der Waals surface area contributed by atoms with E-state index in [2.05, 4.69) is 15.5 Å². The van der Waals surface area contributed by atoms with Gasteiger partial charge in [-0.25, -0.2) is 0 Å². The molecule has 0 unspecified atom stereocenters. The maximum atomic E-state index is 13.5. The summed E-state index contributed by atoms with van der Waals surface area (Å²) >= 11 is 0. The molecule has 1 saturated carbocycles. The number of carbonyl (C=O) groups is 2. The zero-order valence-corrected chi connectivity index (χ0v) is 21.2. The predicted molar refractivity (Wildman–Crippen MR) is 139 cm³/mol. The number of ether oxygens (including phenoxy) is 1. The highest BCUT2D eigenvalue weighted by Crippen LogP contribution is 2.66. The molecule has 2 amide bonds. The number of likely N-dealkylation sites (tertiary alicyclic amines) is 1. The number of hydrogen-bond donors (Lipinski definition) is 5. The Kier molecular flexibility index (Phi) is 4.94. The van der Waals surface area contributed by atoms with E-state index >= 15 is 0 Å². The number of piperidine rings is 1. The van der Waals surface area contributed by atoms with Crippen molar-refractivity contribution < 1.29 is 29.6 Å². The Morgan fingerprint density at radius 2 is 1.79 bits per heavy atom. The first-order chi connectivity index (χ1) is 18.2. The summed E-state index contributed by atoms with van der Waals surface area (Å²) in [6.07, 6.45) is 2.56. The smallest absolute Gasteiger partial charge is 0.255 e. The molecule has 2 heterocycles. The molecule has 5 N–H and O–H groups in total. The van der Waals surface area contributed by atoms with Gasteiger partial charge in [-0.15, -0.1) is 0 Å². The van der Waals surface area contributed by atoms with Gasteiger partial charge in [-0.2, -0.15) is 0 Å². The van der Waals surface area contributed by atoms with E-state index in [1.54, 1.807) is 30.3 Å². The summed E-state index contributed by atoms with van der Waals surface area (Å²) in [6.45, 7) is 3.09. The third-order valence-electron chi connectivity index (χ3n) is 9.25. The molecule has 2 aromatic rings. The molecule has 2 aliphatic heterocycles. The highest BCUT2D eigenvalue weighted by atomic mass is 16.5. The van der Waals surface area contributed by atoms with Crippen molar-refractivity contribution in [2.75, 3.05) is 23.7 Å². The zero-order valence-electron chi connectivity index (χ0n) is 21.2. The lowest BCUT2D eigenvalue weighted by molar-refractivity contribution is -0.172. The highest BCUT2D eigenvalue weighted by Gasteiger charge is 2.73. The minimum Gasteiger partial charge on any atom is -0.508 e. The monoisotopic (exact) mass is 517 g/mol. The van der Waals surface area contributed by atoms with Crippen LogP contribution in [-0.2, 0) is 21.4 Å². The van der Waals surface area contributed by atoms with Crippen molar-refractivity contribution in [3.63, 3.8) is 0 Å². The van der Waals surface area contributed by atoms with Crippen LogP contribution < -0.4 is 15.4 Å². The lowest BCUT2D eigenvalue weighted by atomic mass is 9.49. The number of benzene rings is 2. The van der Waals surface area contributed by atoms with E-state index < -0.39 is 23.0 Å². The van der Waals surface area contributed by atoms with E-state index in [9.17, 15) is 24.9 Å². The Morgan fingerprint density at radius 3 is 2.47 bits per heavy atom. The number of aliphatic hydroxyl groups excluding tert-OH is 1. The van der Waals surface area contributed by atoms with Crippen LogP contribution in [0.5, 0.6) is 11.5 Å². The Labute approximate surface area is 220 Å². The maximum absolute atomic E-state index is 13.5. The number of anilines is 2. The van der Waals surface area contributed by atoms with Gasteiger partial charge in [0.15, 0.2) is 17.6 Å². The average molecular weight is 518 g/mol. The van der Waals surface area contributed by atoms with Crippen molar-refractivity contribution in [1.29, 1.82) is 0 Å². The summed E-state index contributed by atoms with van der Waals surface area (Å²) in [5.41, 5.74) is 0.699. The van der Waals surface area contributed by atoms with E-state index in [0.717, 1.165) is 24.2 Å². The molecule has 0 radical (unpaired) electrons. The Hall–Kier alpha value is -3.56. The van der Waals surface area contributed by atoms with Crippen molar-refractivity contribution in [2.24, 2.45) is 5.92 Å². The molecule has 7 rings (SSSR count). The predicted octanol–water partition coefficient (Wildman–Crippen LogP) is 2.98. The average Bonchev–Trinajstić information content (AvgIpc) is 3.62. The molecule has 1 saturated heterocycles. The lowest BCUT2D eigenvalue weighted by Gasteiger charge is -2.62. The number of carbonyl (C=O) groups excluding carboxylic acids is 2. The molecule has 3 aliphatic carbocycles. The molecule has 9 heteroatoms. The Morgan fingerprint density at radius 1 is 1.08 bits per heavy atom. The van der Waals surface area contributed by atoms with Crippen LogP contribution in [0.25, 0.3) is 0 Å². The van der Waals surface area contributed by atoms with E-state index in [1.807, 2.05) is 6.07 Å².